The highest BCUT2D eigenvalue weighted by Gasteiger charge is 2.27. The van der Waals surface area contributed by atoms with E-state index in [1.807, 2.05) is 0 Å². The van der Waals surface area contributed by atoms with Crippen LogP contribution in [0.5, 0.6) is 0 Å². The van der Waals surface area contributed by atoms with Crippen LogP contribution in [0, 0.1) is 11.6 Å². The summed E-state index contributed by atoms with van der Waals surface area (Å²) in [5.74, 6) is -3.81. The van der Waals surface area contributed by atoms with Gasteiger partial charge in [-0.25, -0.2) is 22.0 Å². The predicted molar refractivity (Wildman–Crippen MR) is 99.7 cm³/mol. The Labute approximate surface area is 166 Å². The molecule has 0 spiro atoms. The molecule has 1 amide bonds. The Kier molecular flexibility index (Phi) is 6.23. The van der Waals surface area contributed by atoms with E-state index in [1.54, 1.807) is 0 Å². The van der Waals surface area contributed by atoms with Crippen LogP contribution in [0.4, 0.5) is 14.5 Å². The molecule has 154 valence electrons. The second-order valence-corrected chi connectivity index (χ2v) is 8.33. The Balaban J connectivity index is 1.61. The molecule has 1 aliphatic rings. The van der Waals surface area contributed by atoms with E-state index >= 15 is 0 Å². The fourth-order valence-corrected chi connectivity index (χ4v) is 4.44. The fourth-order valence-electron chi connectivity index (χ4n) is 2.87. The van der Waals surface area contributed by atoms with E-state index in [9.17, 15) is 26.8 Å². The van der Waals surface area contributed by atoms with Crippen LogP contribution in [0.3, 0.4) is 0 Å². The molecule has 29 heavy (non-hydrogen) atoms. The molecule has 1 heterocycles. The number of amides is 1. The van der Waals surface area contributed by atoms with Crippen molar-refractivity contribution in [1.29, 1.82) is 0 Å². The molecule has 7 nitrogen and oxygen atoms in total. The van der Waals surface area contributed by atoms with Gasteiger partial charge in [-0.05, 0) is 43.2 Å². The lowest BCUT2D eigenvalue weighted by Gasteiger charge is -2.16. The van der Waals surface area contributed by atoms with E-state index in [0.717, 1.165) is 25.0 Å². The molecule has 1 fully saturated rings. The van der Waals surface area contributed by atoms with Gasteiger partial charge < -0.3 is 10.1 Å². The maximum Gasteiger partial charge on any atom is 0.341 e. The molecular formula is C19H18F2N2O5S. The summed E-state index contributed by atoms with van der Waals surface area (Å²) in [6.45, 7) is 0.183. The number of esters is 1. The van der Waals surface area contributed by atoms with Gasteiger partial charge in [0.15, 0.2) is 6.61 Å². The lowest BCUT2D eigenvalue weighted by molar-refractivity contribution is -0.119. The lowest BCUT2D eigenvalue weighted by Crippen LogP contribution is -2.28. The number of benzene rings is 2. The predicted octanol–water partition coefficient (Wildman–Crippen LogP) is 2.54. The number of carbonyl (C=O) groups excluding carboxylic acids is 2. The van der Waals surface area contributed by atoms with Gasteiger partial charge in [0.05, 0.1) is 10.5 Å². The van der Waals surface area contributed by atoms with E-state index < -0.39 is 45.7 Å². The van der Waals surface area contributed by atoms with Gasteiger partial charge >= 0.3 is 5.97 Å². The fraction of sp³-hybridized carbons (Fsp3) is 0.263. The van der Waals surface area contributed by atoms with Crippen LogP contribution in [-0.4, -0.2) is 44.3 Å². The van der Waals surface area contributed by atoms with Crippen LogP contribution in [0.15, 0.2) is 47.4 Å². The summed E-state index contributed by atoms with van der Waals surface area (Å²) in [7, 11) is -3.64. The number of anilines is 1. The zero-order valence-electron chi connectivity index (χ0n) is 15.2. The number of hydrogen-bond acceptors (Lipinski definition) is 5. The Morgan fingerprint density at radius 3 is 2.48 bits per heavy atom. The number of hydrogen-bond donors (Lipinski definition) is 1. The zero-order valence-corrected chi connectivity index (χ0v) is 16.0. The normalized spacial score (nSPS) is 14.6. The van der Waals surface area contributed by atoms with Gasteiger partial charge in [0.1, 0.15) is 11.6 Å². The zero-order chi connectivity index (χ0) is 21.0. The van der Waals surface area contributed by atoms with Gasteiger partial charge in [-0.2, -0.15) is 4.31 Å². The Morgan fingerprint density at radius 2 is 1.79 bits per heavy atom. The molecule has 10 heteroatoms. The molecule has 0 atom stereocenters. The molecule has 0 aromatic heterocycles. The number of halogens is 2. The molecule has 0 unspecified atom stereocenters. The summed E-state index contributed by atoms with van der Waals surface area (Å²) < 4.78 is 57.7. The first-order chi connectivity index (χ1) is 13.8. The van der Waals surface area contributed by atoms with E-state index in [4.69, 9.17) is 4.74 Å². The SMILES string of the molecule is O=C(COC(=O)c1ccc(F)cc1F)Nc1cccc(S(=O)(=O)N2CCCC2)c1. The molecule has 0 aliphatic carbocycles. The summed E-state index contributed by atoms with van der Waals surface area (Å²) in [5, 5.41) is 2.42. The molecular weight excluding hydrogens is 406 g/mol. The van der Waals surface area contributed by atoms with Crippen molar-refractivity contribution in [1.82, 2.24) is 4.31 Å². The smallest absolute Gasteiger partial charge is 0.341 e. The highest BCUT2D eigenvalue weighted by Crippen LogP contribution is 2.23. The molecule has 0 saturated carbocycles. The summed E-state index contributed by atoms with van der Waals surface area (Å²) >= 11 is 0. The van der Waals surface area contributed by atoms with Crippen molar-refractivity contribution in [3.63, 3.8) is 0 Å². The lowest BCUT2D eigenvalue weighted by atomic mass is 10.2. The molecule has 2 aromatic rings. The van der Waals surface area contributed by atoms with Gasteiger partial charge in [-0.1, -0.05) is 6.07 Å². The molecule has 0 bridgehead atoms. The number of nitrogens with zero attached hydrogens (tertiary/aromatic N) is 1. The van der Waals surface area contributed by atoms with Gasteiger partial charge in [0.25, 0.3) is 5.91 Å². The third kappa shape index (κ3) is 4.96. The van der Waals surface area contributed by atoms with Crippen LogP contribution in [0.25, 0.3) is 0 Å². The molecule has 1 aliphatic heterocycles. The van der Waals surface area contributed by atoms with Crippen molar-refractivity contribution in [3.05, 3.63) is 59.7 Å². The van der Waals surface area contributed by atoms with Gasteiger partial charge in [-0.15, -0.1) is 0 Å². The summed E-state index contributed by atoms with van der Waals surface area (Å²) in [6, 6.07) is 8.06. The van der Waals surface area contributed by atoms with Crippen LogP contribution in [0.2, 0.25) is 0 Å². The monoisotopic (exact) mass is 424 g/mol. The third-order valence-electron chi connectivity index (χ3n) is 4.31. The standard InChI is InChI=1S/C19H18F2N2O5S/c20-13-6-7-16(17(21)10-13)19(25)28-12-18(24)22-14-4-3-5-15(11-14)29(26,27)23-8-1-2-9-23/h3-7,10-11H,1-2,8-9,12H2,(H,22,24). The van der Waals surface area contributed by atoms with Crippen molar-refractivity contribution >= 4 is 27.6 Å². The second kappa shape index (κ2) is 8.66. The van der Waals surface area contributed by atoms with Crippen LogP contribution in [-0.2, 0) is 19.6 Å². The molecule has 3 rings (SSSR count). The first-order valence-corrected chi connectivity index (χ1v) is 10.2. The summed E-state index contributed by atoms with van der Waals surface area (Å²) in [4.78, 5) is 23.9. The highest BCUT2D eigenvalue weighted by atomic mass is 32.2. The summed E-state index contributed by atoms with van der Waals surface area (Å²) in [6.07, 6.45) is 1.60. The van der Waals surface area contributed by atoms with E-state index in [0.29, 0.717) is 19.2 Å². The van der Waals surface area contributed by atoms with Crippen molar-refractivity contribution in [2.75, 3.05) is 25.0 Å². The Hall–Kier alpha value is -2.85. The highest BCUT2D eigenvalue weighted by molar-refractivity contribution is 7.89. The van der Waals surface area contributed by atoms with Crippen molar-refractivity contribution < 1.29 is 31.5 Å². The van der Waals surface area contributed by atoms with Crippen molar-refractivity contribution in [2.24, 2.45) is 0 Å². The van der Waals surface area contributed by atoms with Crippen molar-refractivity contribution in [3.8, 4) is 0 Å². The minimum absolute atomic E-state index is 0.0441. The molecule has 2 aromatic carbocycles. The van der Waals surface area contributed by atoms with E-state index in [-0.39, 0.29) is 10.6 Å². The quantitative estimate of drug-likeness (QED) is 0.720. The van der Waals surface area contributed by atoms with Gasteiger partial charge in [-0.3, -0.25) is 4.79 Å². The number of nitrogens with one attached hydrogen (secondary N) is 1. The van der Waals surface area contributed by atoms with E-state index in [2.05, 4.69) is 5.32 Å². The first kappa shape index (κ1) is 20.9. The third-order valence-corrected chi connectivity index (χ3v) is 6.20. The number of carbonyl (C=O) groups is 2. The largest absolute Gasteiger partial charge is 0.452 e. The van der Waals surface area contributed by atoms with Crippen LogP contribution < -0.4 is 5.32 Å². The molecule has 1 N–H and O–H groups in total. The second-order valence-electron chi connectivity index (χ2n) is 6.39. The van der Waals surface area contributed by atoms with Crippen molar-refractivity contribution in [2.45, 2.75) is 17.7 Å². The van der Waals surface area contributed by atoms with Gasteiger partial charge in [0, 0.05) is 24.8 Å². The minimum Gasteiger partial charge on any atom is -0.452 e. The molecule has 0 radical (unpaired) electrons. The average Bonchev–Trinajstić information content (AvgIpc) is 3.22. The Morgan fingerprint density at radius 1 is 1.07 bits per heavy atom. The number of sulfonamides is 1. The average molecular weight is 424 g/mol. The van der Waals surface area contributed by atoms with Crippen LogP contribution in [0.1, 0.15) is 23.2 Å². The minimum atomic E-state index is -3.64. The molecule has 1 saturated heterocycles. The number of rotatable bonds is 6. The summed E-state index contributed by atoms with van der Waals surface area (Å²) in [5.41, 5.74) is -0.294. The van der Waals surface area contributed by atoms with Gasteiger partial charge in [0.2, 0.25) is 10.0 Å². The van der Waals surface area contributed by atoms with E-state index in [1.165, 1.54) is 28.6 Å². The topological polar surface area (TPSA) is 92.8 Å². The Bertz CT molecular complexity index is 1040. The maximum atomic E-state index is 13.6. The first-order valence-electron chi connectivity index (χ1n) is 8.79. The van der Waals surface area contributed by atoms with Crippen LogP contribution >= 0.6 is 0 Å². The number of ether oxygens (including phenoxy) is 1. The maximum absolute atomic E-state index is 13.6.